The first-order valence-electron chi connectivity index (χ1n) is 10.6. The van der Waals surface area contributed by atoms with Crippen LogP contribution in [-0.4, -0.2) is 35.7 Å². The lowest BCUT2D eigenvalue weighted by molar-refractivity contribution is 0.260. The van der Waals surface area contributed by atoms with E-state index in [1.165, 1.54) is 17.3 Å². The molecule has 2 heterocycles. The number of carbonyl (C=O) groups excluding carboxylic acids is 1. The Hall–Kier alpha value is -2.51. The molecule has 0 saturated carbocycles. The van der Waals surface area contributed by atoms with Crippen LogP contribution in [-0.2, 0) is 5.41 Å². The number of carbonyl (C=O) groups is 1. The van der Waals surface area contributed by atoms with Gasteiger partial charge >= 0.3 is 0 Å². The molecule has 2 aliphatic heterocycles. The van der Waals surface area contributed by atoms with Gasteiger partial charge in [-0.2, -0.15) is 5.10 Å². The molecule has 1 unspecified atom stereocenters. The Morgan fingerprint density at radius 3 is 2.81 bits per heavy atom. The fourth-order valence-electron chi connectivity index (χ4n) is 4.24. The Kier molecular flexibility index (Phi) is 6.23. The molecule has 0 spiro atoms. The number of thioether (sulfide) groups is 1. The molecule has 8 heteroatoms. The van der Waals surface area contributed by atoms with Crippen molar-refractivity contribution in [2.75, 3.05) is 18.6 Å². The second-order valence-corrected chi connectivity index (χ2v) is 10.2. The summed E-state index contributed by atoms with van der Waals surface area (Å²) in [5, 5.41) is 13.7. The van der Waals surface area contributed by atoms with Crippen molar-refractivity contribution in [1.29, 1.82) is 5.41 Å². The molecule has 6 nitrogen and oxygen atoms in total. The van der Waals surface area contributed by atoms with E-state index < -0.39 is 0 Å². The van der Waals surface area contributed by atoms with E-state index in [2.05, 4.69) is 43.4 Å². The standard InChI is InChI=1S/C24H27ClN4O2S/c1-5-20-21(27-28-23(30)32-20)14-6-8-18-16(12-14)24(2,3)10-11-29(18)22(26)15-7-9-19(31-4)17(25)13-15/h6-9,12-13,20,26H,5,10-11H2,1-4H3,(H,28,30). The van der Waals surface area contributed by atoms with E-state index >= 15 is 0 Å². The van der Waals surface area contributed by atoms with E-state index in [9.17, 15) is 4.79 Å². The van der Waals surface area contributed by atoms with Gasteiger partial charge in [0.25, 0.3) is 5.24 Å². The van der Waals surface area contributed by atoms with Gasteiger partial charge in [-0.15, -0.1) is 0 Å². The first kappa shape index (κ1) is 22.7. The molecule has 32 heavy (non-hydrogen) atoms. The normalized spacial score (nSPS) is 19.7. The molecule has 1 atom stereocenters. The van der Waals surface area contributed by atoms with Crippen molar-refractivity contribution >= 4 is 45.8 Å². The van der Waals surface area contributed by atoms with Crippen molar-refractivity contribution in [2.24, 2.45) is 5.10 Å². The molecule has 0 saturated heterocycles. The Labute approximate surface area is 197 Å². The third kappa shape index (κ3) is 4.11. The van der Waals surface area contributed by atoms with Crippen molar-refractivity contribution in [3.05, 3.63) is 58.1 Å². The summed E-state index contributed by atoms with van der Waals surface area (Å²) in [5.41, 5.74) is 7.39. The van der Waals surface area contributed by atoms with Gasteiger partial charge in [-0.05, 0) is 59.7 Å². The van der Waals surface area contributed by atoms with Gasteiger partial charge in [0.05, 0.1) is 23.1 Å². The topological polar surface area (TPSA) is 77.8 Å². The van der Waals surface area contributed by atoms with Crippen LogP contribution in [0.5, 0.6) is 5.75 Å². The van der Waals surface area contributed by atoms with E-state index in [0.717, 1.165) is 41.9 Å². The molecule has 168 valence electrons. The number of hydrogen-bond acceptors (Lipinski definition) is 5. The lowest BCUT2D eigenvalue weighted by Crippen LogP contribution is -2.41. The van der Waals surface area contributed by atoms with Crippen molar-refractivity contribution in [3.63, 3.8) is 0 Å². The molecule has 2 aromatic carbocycles. The highest BCUT2D eigenvalue weighted by Crippen LogP contribution is 2.41. The quantitative estimate of drug-likeness (QED) is 0.437. The molecule has 0 radical (unpaired) electrons. The minimum atomic E-state index is -0.114. The fourth-order valence-corrected chi connectivity index (χ4v) is 5.32. The summed E-state index contributed by atoms with van der Waals surface area (Å²) < 4.78 is 5.25. The van der Waals surface area contributed by atoms with Crippen LogP contribution in [0.1, 0.15) is 50.3 Å². The first-order valence-corrected chi connectivity index (χ1v) is 11.9. The molecule has 0 fully saturated rings. The number of rotatable bonds is 4. The Bertz CT molecular complexity index is 1120. The van der Waals surface area contributed by atoms with Crippen LogP contribution in [0, 0.1) is 5.41 Å². The number of hydrazone groups is 1. The molecular formula is C24H27ClN4O2S. The summed E-state index contributed by atoms with van der Waals surface area (Å²) in [4.78, 5) is 13.8. The van der Waals surface area contributed by atoms with Crippen LogP contribution in [0.2, 0.25) is 5.02 Å². The van der Waals surface area contributed by atoms with Crippen molar-refractivity contribution < 1.29 is 9.53 Å². The fraction of sp³-hybridized carbons (Fsp3) is 0.375. The second kappa shape index (κ2) is 8.79. The molecule has 2 aliphatic rings. The highest BCUT2D eigenvalue weighted by molar-refractivity contribution is 8.14. The number of methoxy groups -OCH3 is 1. The SMILES string of the molecule is CCC1SC(=O)NN=C1c1ccc2c(c1)C(C)(C)CCN2C(=N)c1ccc(OC)c(Cl)c1. The van der Waals surface area contributed by atoms with Crippen LogP contribution in [0.4, 0.5) is 10.5 Å². The van der Waals surface area contributed by atoms with Gasteiger partial charge in [-0.1, -0.05) is 50.2 Å². The van der Waals surface area contributed by atoms with Gasteiger partial charge in [0.15, 0.2) is 0 Å². The van der Waals surface area contributed by atoms with E-state index in [1.54, 1.807) is 19.2 Å². The zero-order valence-electron chi connectivity index (χ0n) is 18.7. The van der Waals surface area contributed by atoms with Crippen LogP contribution in [0.25, 0.3) is 0 Å². The first-order chi connectivity index (χ1) is 15.2. The number of amidine groups is 1. The summed E-state index contributed by atoms with van der Waals surface area (Å²) in [6.07, 6.45) is 1.73. The Morgan fingerprint density at radius 2 is 2.12 bits per heavy atom. The third-order valence-corrected chi connectivity index (χ3v) is 7.60. The average Bonchev–Trinajstić information content (AvgIpc) is 2.78. The van der Waals surface area contributed by atoms with Gasteiger partial charge in [0.2, 0.25) is 0 Å². The van der Waals surface area contributed by atoms with Crippen LogP contribution >= 0.6 is 23.4 Å². The van der Waals surface area contributed by atoms with Crippen molar-refractivity contribution in [2.45, 2.75) is 44.3 Å². The van der Waals surface area contributed by atoms with Crippen LogP contribution < -0.4 is 15.1 Å². The van der Waals surface area contributed by atoms with Gasteiger partial charge in [-0.3, -0.25) is 10.2 Å². The highest BCUT2D eigenvalue weighted by Gasteiger charge is 2.34. The third-order valence-electron chi connectivity index (χ3n) is 6.16. The largest absolute Gasteiger partial charge is 0.495 e. The second-order valence-electron chi connectivity index (χ2n) is 8.63. The van der Waals surface area contributed by atoms with Gasteiger partial charge in [-0.25, -0.2) is 5.43 Å². The summed E-state index contributed by atoms with van der Waals surface area (Å²) in [6.45, 7) is 7.28. The molecule has 4 rings (SSSR count). The molecule has 2 aromatic rings. The summed E-state index contributed by atoms with van der Waals surface area (Å²) >= 11 is 7.60. The summed E-state index contributed by atoms with van der Waals surface area (Å²) in [7, 11) is 1.58. The smallest absolute Gasteiger partial charge is 0.299 e. The molecule has 0 bridgehead atoms. The number of anilines is 1. The summed E-state index contributed by atoms with van der Waals surface area (Å²) in [6, 6.07) is 11.7. The highest BCUT2D eigenvalue weighted by atomic mass is 35.5. The number of fused-ring (bicyclic) bond motifs is 1. The molecule has 0 aromatic heterocycles. The predicted octanol–water partition coefficient (Wildman–Crippen LogP) is 5.80. The lowest BCUT2D eigenvalue weighted by Gasteiger charge is -2.40. The monoisotopic (exact) mass is 470 g/mol. The zero-order valence-corrected chi connectivity index (χ0v) is 20.2. The number of amides is 1. The zero-order chi connectivity index (χ0) is 23.0. The number of nitrogens with one attached hydrogen (secondary N) is 2. The van der Waals surface area contributed by atoms with Crippen molar-refractivity contribution in [3.8, 4) is 5.75 Å². The van der Waals surface area contributed by atoms with E-state index in [0.29, 0.717) is 16.6 Å². The van der Waals surface area contributed by atoms with E-state index in [4.69, 9.17) is 21.7 Å². The lowest BCUT2D eigenvalue weighted by atomic mass is 9.76. The maximum absolute atomic E-state index is 11.8. The number of nitrogens with zero attached hydrogens (tertiary/aromatic N) is 2. The Morgan fingerprint density at radius 1 is 1.34 bits per heavy atom. The predicted molar refractivity (Wildman–Crippen MR) is 133 cm³/mol. The minimum absolute atomic E-state index is 0.0318. The number of benzene rings is 2. The van der Waals surface area contributed by atoms with E-state index in [-0.39, 0.29) is 15.9 Å². The maximum atomic E-state index is 11.8. The van der Waals surface area contributed by atoms with Gasteiger partial charge in [0, 0.05) is 17.8 Å². The molecule has 2 N–H and O–H groups in total. The van der Waals surface area contributed by atoms with Crippen molar-refractivity contribution in [1.82, 2.24) is 5.43 Å². The average molecular weight is 471 g/mol. The number of hydrogen-bond donors (Lipinski definition) is 2. The maximum Gasteiger partial charge on any atom is 0.299 e. The molecule has 0 aliphatic carbocycles. The molecule has 1 amide bonds. The van der Waals surface area contributed by atoms with Gasteiger partial charge in [0.1, 0.15) is 11.6 Å². The van der Waals surface area contributed by atoms with E-state index in [1.807, 2.05) is 17.0 Å². The van der Waals surface area contributed by atoms with Crippen LogP contribution in [0.3, 0.4) is 0 Å². The number of ether oxygens (including phenoxy) is 1. The van der Waals surface area contributed by atoms with Gasteiger partial charge < -0.3 is 9.64 Å². The van der Waals surface area contributed by atoms with Crippen LogP contribution in [0.15, 0.2) is 41.5 Å². The number of halogens is 1. The minimum Gasteiger partial charge on any atom is -0.495 e. The molecular weight excluding hydrogens is 444 g/mol. The Balaban J connectivity index is 1.73. The summed E-state index contributed by atoms with van der Waals surface area (Å²) in [5.74, 6) is 1.00.